The van der Waals surface area contributed by atoms with Gasteiger partial charge in [-0.3, -0.25) is 19.2 Å². The minimum absolute atomic E-state index is 0.400. The number of carbonyl (C=O) groups is 3. The third-order valence-corrected chi connectivity index (χ3v) is 3.23. The molecule has 112 valence electrons. The highest BCUT2D eigenvalue weighted by atomic mass is 19.2. The summed E-state index contributed by atoms with van der Waals surface area (Å²) in [5.74, 6) is -7.07. The highest BCUT2D eigenvalue weighted by molar-refractivity contribution is 6.16. The molecule has 1 aromatic rings. The molecule has 2 unspecified atom stereocenters. The number of anilines is 1. The van der Waals surface area contributed by atoms with Crippen LogP contribution in [0.4, 0.5) is 14.5 Å². The van der Waals surface area contributed by atoms with Gasteiger partial charge in [-0.2, -0.15) is 5.06 Å². The van der Waals surface area contributed by atoms with Gasteiger partial charge in [0, 0.05) is 0 Å². The predicted octanol–water partition coefficient (Wildman–Crippen LogP) is 1.09. The Morgan fingerprint density at radius 2 is 1.95 bits per heavy atom. The van der Waals surface area contributed by atoms with Crippen LogP contribution in [0.2, 0.25) is 0 Å². The van der Waals surface area contributed by atoms with E-state index >= 15 is 0 Å². The molecule has 1 N–H and O–H groups in total. The van der Waals surface area contributed by atoms with E-state index in [1.807, 2.05) is 0 Å². The summed E-state index contributed by atoms with van der Waals surface area (Å²) >= 11 is 0. The van der Waals surface area contributed by atoms with E-state index in [-0.39, 0.29) is 0 Å². The Morgan fingerprint density at radius 3 is 2.52 bits per heavy atom. The van der Waals surface area contributed by atoms with Gasteiger partial charge in [-0.1, -0.05) is 13.0 Å². The predicted molar refractivity (Wildman–Crippen MR) is 66.5 cm³/mol. The lowest BCUT2D eigenvalue weighted by molar-refractivity contribution is -0.181. The molecular formula is C13H12F2N2O4. The van der Waals surface area contributed by atoms with Crippen LogP contribution in [0.25, 0.3) is 0 Å². The van der Waals surface area contributed by atoms with E-state index in [0.717, 1.165) is 19.2 Å². The number of nitrogens with one attached hydrogen (secondary N) is 1. The quantitative estimate of drug-likeness (QED) is 0.669. The van der Waals surface area contributed by atoms with Gasteiger partial charge in [0.05, 0.1) is 18.7 Å². The summed E-state index contributed by atoms with van der Waals surface area (Å²) < 4.78 is 26.5. The lowest BCUT2D eigenvalue weighted by atomic mass is 9.96. The van der Waals surface area contributed by atoms with Crippen LogP contribution in [0, 0.1) is 23.5 Å². The number of hydrogen-bond acceptors (Lipinski definition) is 4. The van der Waals surface area contributed by atoms with Crippen molar-refractivity contribution in [1.29, 1.82) is 0 Å². The zero-order valence-electron chi connectivity index (χ0n) is 11.2. The van der Waals surface area contributed by atoms with Gasteiger partial charge >= 0.3 is 0 Å². The first-order valence-electron chi connectivity index (χ1n) is 6.05. The molecule has 6 nitrogen and oxygen atoms in total. The number of halogens is 2. The molecule has 2 atom stereocenters. The van der Waals surface area contributed by atoms with Crippen LogP contribution in [0.1, 0.15) is 6.92 Å². The van der Waals surface area contributed by atoms with Gasteiger partial charge < -0.3 is 5.32 Å². The summed E-state index contributed by atoms with van der Waals surface area (Å²) in [6, 6.07) is 3.25. The maximum atomic E-state index is 13.5. The standard InChI is InChI=1S/C13H12F2N2O4/c1-6-9(13(20)17(21-2)12(6)19)11(18)16-8-5-3-4-7(14)10(8)15/h3-6,9H,1-2H3,(H,16,18). The lowest BCUT2D eigenvalue weighted by Crippen LogP contribution is -2.34. The fourth-order valence-electron chi connectivity index (χ4n) is 2.11. The SMILES string of the molecule is CON1C(=O)C(C)C(C(=O)Nc2cccc(F)c2F)C1=O. The maximum absolute atomic E-state index is 13.5. The number of imide groups is 1. The van der Waals surface area contributed by atoms with Gasteiger partial charge in [-0.25, -0.2) is 8.78 Å². The van der Waals surface area contributed by atoms with Gasteiger partial charge in [0.2, 0.25) is 5.91 Å². The Balaban J connectivity index is 2.23. The van der Waals surface area contributed by atoms with Crippen molar-refractivity contribution in [3.05, 3.63) is 29.8 Å². The zero-order valence-corrected chi connectivity index (χ0v) is 11.2. The lowest BCUT2D eigenvalue weighted by Gasteiger charge is -2.12. The monoisotopic (exact) mass is 298 g/mol. The van der Waals surface area contributed by atoms with E-state index in [1.54, 1.807) is 0 Å². The minimum Gasteiger partial charge on any atom is -0.323 e. The number of hydrogen-bond donors (Lipinski definition) is 1. The molecule has 0 spiro atoms. The van der Waals surface area contributed by atoms with Crippen LogP contribution < -0.4 is 5.32 Å². The molecule has 1 saturated heterocycles. The van der Waals surface area contributed by atoms with Crippen LogP contribution >= 0.6 is 0 Å². The van der Waals surface area contributed by atoms with E-state index in [2.05, 4.69) is 10.2 Å². The first-order chi connectivity index (χ1) is 9.88. The molecule has 8 heteroatoms. The van der Waals surface area contributed by atoms with E-state index in [0.29, 0.717) is 5.06 Å². The van der Waals surface area contributed by atoms with Gasteiger partial charge in [-0.15, -0.1) is 0 Å². The number of rotatable bonds is 3. The van der Waals surface area contributed by atoms with E-state index < -0.39 is 46.9 Å². The fourth-order valence-corrected chi connectivity index (χ4v) is 2.11. The first kappa shape index (κ1) is 15.0. The second-order valence-corrected chi connectivity index (χ2v) is 4.51. The molecule has 0 radical (unpaired) electrons. The average Bonchev–Trinajstić information content (AvgIpc) is 2.65. The van der Waals surface area contributed by atoms with Crippen molar-refractivity contribution in [2.75, 3.05) is 12.4 Å². The summed E-state index contributed by atoms with van der Waals surface area (Å²) in [6.45, 7) is 1.38. The summed E-state index contributed by atoms with van der Waals surface area (Å²) in [4.78, 5) is 40.2. The second kappa shape index (κ2) is 5.57. The number of nitrogens with zero attached hydrogens (tertiary/aromatic N) is 1. The van der Waals surface area contributed by atoms with Crippen LogP contribution in [0.3, 0.4) is 0 Å². The third-order valence-electron chi connectivity index (χ3n) is 3.23. The van der Waals surface area contributed by atoms with Crippen LogP contribution in [0.15, 0.2) is 18.2 Å². The van der Waals surface area contributed by atoms with Crippen LogP contribution in [-0.2, 0) is 19.2 Å². The number of hydroxylamine groups is 2. The molecule has 1 aliphatic rings. The van der Waals surface area contributed by atoms with Crippen LogP contribution in [0.5, 0.6) is 0 Å². The summed E-state index contributed by atoms with van der Waals surface area (Å²) in [5, 5.41) is 2.59. The molecule has 0 bridgehead atoms. The zero-order chi connectivity index (χ0) is 15.7. The Hall–Kier alpha value is -2.35. The topological polar surface area (TPSA) is 75.7 Å². The summed E-state index contributed by atoms with van der Waals surface area (Å²) in [6.07, 6.45) is 0. The van der Waals surface area contributed by atoms with Crippen molar-refractivity contribution < 1.29 is 28.0 Å². The molecule has 3 amide bonds. The van der Waals surface area contributed by atoms with E-state index in [9.17, 15) is 23.2 Å². The molecule has 1 fully saturated rings. The van der Waals surface area contributed by atoms with Crippen molar-refractivity contribution in [2.45, 2.75) is 6.92 Å². The van der Waals surface area contributed by atoms with Gasteiger partial charge in [0.15, 0.2) is 11.6 Å². The van der Waals surface area contributed by atoms with Gasteiger partial charge in [0.25, 0.3) is 11.8 Å². The number of amides is 3. The first-order valence-corrected chi connectivity index (χ1v) is 6.05. The number of benzene rings is 1. The average molecular weight is 298 g/mol. The van der Waals surface area contributed by atoms with Crippen molar-refractivity contribution >= 4 is 23.4 Å². The third kappa shape index (κ3) is 2.49. The van der Waals surface area contributed by atoms with E-state index in [4.69, 9.17) is 0 Å². The smallest absolute Gasteiger partial charge is 0.266 e. The molecular weight excluding hydrogens is 286 g/mol. The molecule has 0 aromatic heterocycles. The summed E-state index contributed by atoms with van der Waals surface area (Å²) in [7, 11) is 1.12. The molecule has 0 saturated carbocycles. The van der Waals surface area contributed by atoms with Crippen molar-refractivity contribution in [3.63, 3.8) is 0 Å². The summed E-state index contributed by atoms with van der Waals surface area (Å²) in [5.41, 5.74) is -0.400. The molecule has 2 rings (SSSR count). The largest absolute Gasteiger partial charge is 0.323 e. The molecule has 1 heterocycles. The van der Waals surface area contributed by atoms with Crippen molar-refractivity contribution in [2.24, 2.45) is 11.8 Å². The Morgan fingerprint density at radius 1 is 1.29 bits per heavy atom. The highest BCUT2D eigenvalue weighted by Crippen LogP contribution is 2.28. The Kier molecular flexibility index (Phi) is 3.99. The van der Waals surface area contributed by atoms with Crippen molar-refractivity contribution in [1.82, 2.24) is 5.06 Å². The van der Waals surface area contributed by atoms with Crippen molar-refractivity contribution in [3.8, 4) is 0 Å². The highest BCUT2D eigenvalue weighted by Gasteiger charge is 2.50. The fraction of sp³-hybridized carbons (Fsp3) is 0.308. The second-order valence-electron chi connectivity index (χ2n) is 4.51. The molecule has 1 aliphatic heterocycles. The molecule has 1 aromatic carbocycles. The Labute approximate surface area is 118 Å². The van der Waals surface area contributed by atoms with Gasteiger partial charge in [-0.05, 0) is 12.1 Å². The molecule has 21 heavy (non-hydrogen) atoms. The van der Waals surface area contributed by atoms with E-state index in [1.165, 1.54) is 13.0 Å². The normalized spacial score (nSPS) is 21.8. The van der Waals surface area contributed by atoms with Crippen LogP contribution in [-0.4, -0.2) is 29.9 Å². The minimum atomic E-state index is -1.35. The molecule has 0 aliphatic carbocycles. The van der Waals surface area contributed by atoms with Gasteiger partial charge in [0.1, 0.15) is 5.92 Å². The maximum Gasteiger partial charge on any atom is 0.266 e. The Bertz CT molecular complexity index is 620. The number of carbonyl (C=O) groups excluding carboxylic acids is 3.